The third kappa shape index (κ3) is 4.66. The molecular formula is C18H19BrN2O2. The van der Waals surface area contributed by atoms with Gasteiger partial charge in [0.2, 0.25) is 0 Å². The number of nitrogens with one attached hydrogen (secondary N) is 1. The van der Waals surface area contributed by atoms with E-state index in [0.29, 0.717) is 5.56 Å². The summed E-state index contributed by atoms with van der Waals surface area (Å²) in [6, 6.07) is 14.9. The Balaban J connectivity index is 2.18. The maximum atomic E-state index is 12.2. The van der Waals surface area contributed by atoms with E-state index in [0.717, 1.165) is 34.3 Å². The number of carbonyl (C=O) groups is 1. The molecular weight excluding hydrogens is 356 g/mol. The van der Waals surface area contributed by atoms with Crippen LogP contribution in [0.15, 0.2) is 58.1 Å². The van der Waals surface area contributed by atoms with Gasteiger partial charge in [-0.05, 0) is 64.3 Å². The van der Waals surface area contributed by atoms with Crippen molar-refractivity contribution in [1.82, 2.24) is 5.43 Å². The molecule has 2 rings (SSSR count). The van der Waals surface area contributed by atoms with Gasteiger partial charge in [0.15, 0.2) is 0 Å². The average Bonchev–Trinajstić information content (AvgIpc) is 2.59. The zero-order valence-electron chi connectivity index (χ0n) is 13.2. The van der Waals surface area contributed by atoms with Crippen LogP contribution < -0.4 is 10.2 Å². The maximum Gasteiger partial charge on any atom is 0.272 e. The second kappa shape index (κ2) is 8.48. The topological polar surface area (TPSA) is 50.7 Å². The molecule has 120 valence electrons. The van der Waals surface area contributed by atoms with Gasteiger partial charge in [-0.25, -0.2) is 5.43 Å². The van der Waals surface area contributed by atoms with Gasteiger partial charge >= 0.3 is 0 Å². The van der Waals surface area contributed by atoms with Crippen LogP contribution in [0.25, 0.3) is 0 Å². The summed E-state index contributed by atoms with van der Waals surface area (Å²) in [6.45, 7) is 2.08. The Morgan fingerprint density at radius 1 is 1.17 bits per heavy atom. The molecule has 0 spiro atoms. The minimum absolute atomic E-state index is 0.236. The Bertz CT molecular complexity index is 696. The van der Waals surface area contributed by atoms with Crippen molar-refractivity contribution in [2.24, 2.45) is 5.10 Å². The van der Waals surface area contributed by atoms with E-state index >= 15 is 0 Å². The summed E-state index contributed by atoms with van der Waals surface area (Å²) in [5.41, 5.74) is 5.01. The molecule has 1 N–H and O–H groups in total. The fraction of sp³-hybridized carbons (Fsp3) is 0.222. The number of benzene rings is 2. The molecule has 4 nitrogen and oxygen atoms in total. The standard InChI is InChI=1S/C18H19BrN2O2/c1-3-6-17(13-9-11-14(23-2)12-10-13)20-21-18(22)15-7-4-5-8-16(15)19/h4-5,7-12H,3,6H2,1-2H3,(H,21,22). The third-order valence-corrected chi connectivity index (χ3v) is 4.01. The minimum atomic E-state index is -0.236. The van der Waals surface area contributed by atoms with Crippen molar-refractivity contribution in [1.29, 1.82) is 0 Å². The number of rotatable bonds is 6. The molecule has 0 aliphatic rings. The normalized spacial score (nSPS) is 11.2. The molecule has 2 aromatic rings. The predicted molar refractivity (Wildman–Crippen MR) is 96.0 cm³/mol. The lowest BCUT2D eigenvalue weighted by Crippen LogP contribution is -2.20. The summed E-state index contributed by atoms with van der Waals surface area (Å²) in [5.74, 6) is 0.557. The molecule has 0 radical (unpaired) electrons. The lowest BCUT2D eigenvalue weighted by atomic mass is 10.1. The highest BCUT2D eigenvalue weighted by Gasteiger charge is 2.09. The summed E-state index contributed by atoms with van der Waals surface area (Å²) in [4.78, 5) is 12.2. The smallest absolute Gasteiger partial charge is 0.272 e. The van der Waals surface area contributed by atoms with Crippen LogP contribution in [-0.4, -0.2) is 18.7 Å². The van der Waals surface area contributed by atoms with Gasteiger partial charge in [-0.3, -0.25) is 4.79 Å². The molecule has 0 aromatic heterocycles. The molecule has 0 atom stereocenters. The van der Waals surface area contributed by atoms with Gasteiger partial charge in [-0.2, -0.15) is 5.10 Å². The van der Waals surface area contributed by atoms with Gasteiger partial charge < -0.3 is 4.74 Å². The summed E-state index contributed by atoms with van der Waals surface area (Å²) in [7, 11) is 1.63. The number of hydrogen-bond acceptors (Lipinski definition) is 3. The molecule has 0 aliphatic heterocycles. The highest BCUT2D eigenvalue weighted by molar-refractivity contribution is 9.10. The zero-order valence-corrected chi connectivity index (χ0v) is 14.8. The Kier molecular flexibility index (Phi) is 6.35. The van der Waals surface area contributed by atoms with Crippen LogP contribution in [0.4, 0.5) is 0 Å². The van der Waals surface area contributed by atoms with Crippen LogP contribution in [0.3, 0.4) is 0 Å². The van der Waals surface area contributed by atoms with Crippen molar-refractivity contribution >= 4 is 27.5 Å². The first kappa shape index (κ1) is 17.2. The number of methoxy groups -OCH3 is 1. The highest BCUT2D eigenvalue weighted by Crippen LogP contribution is 2.16. The number of ether oxygens (including phenoxy) is 1. The fourth-order valence-corrected chi connectivity index (χ4v) is 2.57. The van der Waals surface area contributed by atoms with E-state index in [4.69, 9.17) is 4.74 Å². The number of amides is 1. The van der Waals surface area contributed by atoms with E-state index in [1.54, 1.807) is 13.2 Å². The Labute approximate surface area is 144 Å². The van der Waals surface area contributed by atoms with Crippen molar-refractivity contribution in [3.05, 3.63) is 64.1 Å². The molecule has 0 saturated heterocycles. The number of hydrazone groups is 1. The fourth-order valence-electron chi connectivity index (χ4n) is 2.11. The monoisotopic (exact) mass is 374 g/mol. The average molecular weight is 375 g/mol. The van der Waals surface area contributed by atoms with Crippen LogP contribution in [0.2, 0.25) is 0 Å². The molecule has 0 fully saturated rings. The van der Waals surface area contributed by atoms with Crippen LogP contribution >= 0.6 is 15.9 Å². The maximum absolute atomic E-state index is 12.2. The number of nitrogens with zero attached hydrogens (tertiary/aromatic N) is 1. The SMILES string of the molecule is CCCC(=NNC(=O)c1ccccc1Br)c1ccc(OC)cc1. The first-order chi connectivity index (χ1) is 11.2. The second-order valence-corrected chi connectivity index (χ2v) is 5.81. The van der Waals surface area contributed by atoms with E-state index in [2.05, 4.69) is 33.4 Å². The molecule has 0 aliphatic carbocycles. The number of halogens is 1. The lowest BCUT2D eigenvalue weighted by molar-refractivity contribution is 0.0954. The molecule has 2 aromatic carbocycles. The van der Waals surface area contributed by atoms with Crippen LogP contribution in [-0.2, 0) is 0 Å². The molecule has 0 saturated carbocycles. The van der Waals surface area contributed by atoms with Crippen molar-refractivity contribution in [3.8, 4) is 5.75 Å². The summed E-state index contributed by atoms with van der Waals surface area (Å²) in [5, 5.41) is 4.31. The highest BCUT2D eigenvalue weighted by atomic mass is 79.9. The van der Waals surface area contributed by atoms with Crippen molar-refractivity contribution in [2.75, 3.05) is 7.11 Å². The second-order valence-electron chi connectivity index (χ2n) is 4.96. The van der Waals surface area contributed by atoms with Gasteiger partial charge in [0, 0.05) is 4.47 Å². The van der Waals surface area contributed by atoms with Crippen LogP contribution in [0.5, 0.6) is 5.75 Å². The predicted octanol–water partition coefficient (Wildman–Crippen LogP) is 4.39. The van der Waals surface area contributed by atoms with E-state index < -0.39 is 0 Å². The molecule has 0 bridgehead atoms. The molecule has 5 heteroatoms. The number of hydrogen-bond donors (Lipinski definition) is 1. The first-order valence-electron chi connectivity index (χ1n) is 7.41. The third-order valence-electron chi connectivity index (χ3n) is 3.32. The largest absolute Gasteiger partial charge is 0.497 e. The van der Waals surface area contributed by atoms with E-state index in [1.165, 1.54) is 0 Å². The van der Waals surface area contributed by atoms with E-state index in [-0.39, 0.29) is 5.91 Å². The summed E-state index contributed by atoms with van der Waals surface area (Å²) >= 11 is 3.37. The van der Waals surface area contributed by atoms with Gasteiger partial charge in [0.1, 0.15) is 5.75 Å². The first-order valence-corrected chi connectivity index (χ1v) is 8.21. The van der Waals surface area contributed by atoms with Gasteiger partial charge in [0.25, 0.3) is 5.91 Å². The minimum Gasteiger partial charge on any atom is -0.497 e. The Morgan fingerprint density at radius 2 is 1.87 bits per heavy atom. The van der Waals surface area contributed by atoms with E-state index in [1.807, 2.05) is 42.5 Å². The summed E-state index contributed by atoms with van der Waals surface area (Å²) in [6.07, 6.45) is 1.72. The van der Waals surface area contributed by atoms with Crippen molar-refractivity contribution < 1.29 is 9.53 Å². The molecule has 0 unspecified atom stereocenters. The Hall–Kier alpha value is -2.14. The van der Waals surface area contributed by atoms with Crippen molar-refractivity contribution in [3.63, 3.8) is 0 Å². The van der Waals surface area contributed by atoms with Gasteiger partial charge in [-0.1, -0.05) is 25.5 Å². The zero-order chi connectivity index (χ0) is 16.7. The van der Waals surface area contributed by atoms with Gasteiger partial charge in [-0.15, -0.1) is 0 Å². The Morgan fingerprint density at radius 3 is 2.48 bits per heavy atom. The number of carbonyl (C=O) groups excluding carboxylic acids is 1. The van der Waals surface area contributed by atoms with Gasteiger partial charge in [0.05, 0.1) is 18.4 Å². The molecule has 23 heavy (non-hydrogen) atoms. The molecule has 1 amide bonds. The van der Waals surface area contributed by atoms with Crippen LogP contribution in [0.1, 0.15) is 35.7 Å². The summed E-state index contributed by atoms with van der Waals surface area (Å²) < 4.78 is 5.91. The quantitative estimate of drug-likeness (QED) is 0.601. The van der Waals surface area contributed by atoms with Crippen molar-refractivity contribution in [2.45, 2.75) is 19.8 Å². The lowest BCUT2D eigenvalue weighted by Gasteiger charge is -2.08. The molecule has 0 heterocycles. The van der Waals surface area contributed by atoms with Crippen LogP contribution in [0, 0.1) is 0 Å². The van der Waals surface area contributed by atoms with E-state index in [9.17, 15) is 4.79 Å².